The van der Waals surface area contributed by atoms with E-state index < -0.39 is 0 Å². The fraction of sp³-hybridized carbons (Fsp3) is 1.00. The molecule has 0 aromatic heterocycles. The van der Waals surface area contributed by atoms with Crippen LogP contribution in [-0.4, -0.2) is 11.2 Å². The van der Waals surface area contributed by atoms with Crippen LogP contribution in [0, 0.1) is 5.92 Å². The highest BCUT2D eigenvalue weighted by atomic mass is 16.3. The third-order valence-corrected chi connectivity index (χ3v) is 2.65. The minimum atomic E-state index is -0.0851. The average Bonchev–Trinajstić information content (AvgIpc) is 2.14. The summed E-state index contributed by atoms with van der Waals surface area (Å²) in [5.41, 5.74) is 0. The van der Waals surface area contributed by atoms with Gasteiger partial charge in [-0.25, -0.2) is 0 Å². The molecule has 0 aliphatic heterocycles. The van der Waals surface area contributed by atoms with E-state index in [-0.39, 0.29) is 6.10 Å². The van der Waals surface area contributed by atoms with Crippen molar-refractivity contribution in [3.63, 3.8) is 0 Å². The molecule has 1 aliphatic carbocycles. The summed E-state index contributed by atoms with van der Waals surface area (Å²) in [6.07, 6.45) is 9.25. The normalized spacial score (nSPS) is 24.5. The first-order valence-corrected chi connectivity index (χ1v) is 4.97. The van der Waals surface area contributed by atoms with E-state index in [0.717, 1.165) is 12.3 Å². The highest BCUT2D eigenvalue weighted by Crippen LogP contribution is 2.26. The summed E-state index contributed by atoms with van der Waals surface area (Å²) in [6.45, 7) is 1.91. The predicted octanol–water partition coefficient (Wildman–Crippen LogP) is 2.73. The van der Waals surface area contributed by atoms with Crippen LogP contribution < -0.4 is 0 Å². The maximum Gasteiger partial charge on any atom is 0.0514 e. The summed E-state index contributed by atoms with van der Waals surface area (Å²) in [6, 6.07) is 0. The van der Waals surface area contributed by atoms with Crippen molar-refractivity contribution in [1.29, 1.82) is 0 Å². The van der Waals surface area contributed by atoms with E-state index in [9.17, 15) is 5.11 Å². The molecule has 0 amide bonds. The molecule has 1 N–H and O–H groups in total. The van der Waals surface area contributed by atoms with Gasteiger partial charge in [0.25, 0.3) is 0 Å². The zero-order valence-corrected chi connectivity index (χ0v) is 7.55. The summed E-state index contributed by atoms with van der Waals surface area (Å²) >= 11 is 0. The lowest BCUT2D eigenvalue weighted by Crippen LogP contribution is -2.09. The molecule has 0 spiro atoms. The van der Waals surface area contributed by atoms with E-state index >= 15 is 0 Å². The third-order valence-electron chi connectivity index (χ3n) is 2.65. The minimum Gasteiger partial charge on any atom is -0.393 e. The van der Waals surface area contributed by atoms with Gasteiger partial charge in [0.05, 0.1) is 6.10 Å². The van der Waals surface area contributed by atoms with E-state index in [0.29, 0.717) is 0 Å². The zero-order chi connectivity index (χ0) is 8.10. The third kappa shape index (κ3) is 3.76. The summed E-state index contributed by atoms with van der Waals surface area (Å²) < 4.78 is 0. The Bertz CT molecular complexity index is 91.0. The Morgan fingerprint density at radius 2 is 1.73 bits per heavy atom. The predicted molar refractivity (Wildman–Crippen MR) is 47.5 cm³/mol. The second-order valence-corrected chi connectivity index (χ2v) is 3.94. The van der Waals surface area contributed by atoms with Gasteiger partial charge < -0.3 is 5.11 Å². The number of aliphatic hydroxyl groups is 1. The molecule has 1 atom stereocenters. The first kappa shape index (κ1) is 9.05. The Labute approximate surface area is 69.8 Å². The van der Waals surface area contributed by atoms with Crippen LogP contribution >= 0.6 is 0 Å². The van der Waals surface area contributed by atoms with Gasteiger partial charge in [-0.15, -0.1) is 0 Å². The average molecular weight is 156 g/mol. The van der Waals surface area contributed by atoms with Crippen LogP contribution in [0.4, 0.5) is 0 Å². The summed E-state index contributed by atoms with van der Waals surface area (Å²) in [7, 11) is 0. The molecule has 1 saturated carbocycles. The lowest BCUT2D eigenvalue weighted by Gasteiger charge is -2.14. The maximum atomic E-state index is 9.20. The van der Waals surface area contributed by atoms with E-state index in [1.165, 1.54) is 38.5 Å². The van der Waals surface area contributed by atoms with Crippen LogP contribution in [0.1, 0.15) is 51.9 Å². The first-order valence-electron chi connectivity index (χ1n) is 4.97. The molecule has 0 radical (unpaired) electrons. The van der Waals surface area contributed by atoms with Crippen molar-refractivity contribution in [2.45, 2.75) is 58.0 Å². The molecule has 0 heterocycles. The smallest absolute Gasteiger partial charge is 0.0514 e. The molecule has 0 bridgehead atoms. The van der Waals surface area contributed by atoms with Gasteiger partial charge in [0.2, 0.25) is 0 Å². The molecule has 0 aromatic rings. The second-order valence-electron chi connectivity index (χ2n) is 3.94. The van der Waals surface area contributed by atoms with E-state index in [1.807, 2.05) is 6.92 Å². The maximum absolute atomic E-state index is 9.20. The van der Waals surface area contributed by atoms with Crippen molar-refractivity contribution in [2.24, 2.45) is 5.92 Å². The molecule has 1 aliphatic rings. The number of aliphatic hydroxyl groups excluding tert-OH is 1. The monoisotopic (exact) mass is 156 g/mol. The molecule has 11 heavy (non-hydrogen) atoms. The van der Waals surface area contributed by atoms with E-state index in [4.69, 9.17) is 0 Å². The van der Waals surface area contributed by atoms with Gasteiger partial charge in [0.15, 0.2) is 0 Å². The van der Waals surface area contributed by atoms with E-state index in [1.54, 1.807) is 0 Å². The quantitative estimate of drug-likeness (QED) is 0.609. The van der Waals surface area contributed by atoms with Gasteiger partial charge in [-0.1, -0.05) is 38.5 Å². The SMILES string of the molecule is CC(O)CC1CCCCCC1. The van der Waals surface area contributed by atoms with Crippen molar-refractivity contribution in [3.05, 3.63) is 0 Å². The van der Waals surface area contributed by atoms with Crippen molar-refractivity contribution in [3.8, 4) is 0 Å². The van der Waals surface area contributed by atoms with Gasteiger partial charge in [-0.05, 0) is 19.3 Å². The van der Waals surface area contributed by atoms with Gasteiger partial charge in [-0.2, -0.15) is 0 Å². The van der Waals surface area contributed by atoms with Crippen LogP contribution in [0.15, 0.2) is 0 Å². The van der Waals surface area contributed by atoms with Crippen molar-refractivity contribution < 1.29 is 5.11 Å². The number of rotatable bonds is 2. The fourth-order valence-electron chi connectivity index (χ4n) is 2.08. The van der Waals surface area contributed by atoms with Crippen LogP contribution in [-0.2, 0) is 0 Å². The standard InChI is InChI=1S/C10H20O/c1-9(11)8-10-6-4-2-3-5-7-10/h9-11H,2-8H2,1H3. The van der Waals surface area contributed by atoms with E-state index in [2.05, 4.69) is 0 Å². The van der Waals surface area contributed by atoms with Gasteiger partial charge in [0.1, 0.15) is 0 Å². The Kier molecular flexibility index (Phi) is 3.92. The molecule has 1 heteroatoms. The molecule has 0 saturated heterocycles. The molecule has 0 aromatic carbocycles. The van der Waals surface area contributed by atoms with Crippen molar-refractivity contribution >= 4 is 0 Å². The van der Waals surface area contributed by atoms with Crippen LogP contribution in [0.25, 0.3) is 0 Å². The Balaban J connectivity index is 2.20. The van der Waals surface area contributed by atoms with Crippen LogP contribution in [0.5, 0.6) is 0 Å². The summed E-state index contributed by atoms with van der Waals surface area (Å²) in [5, 5.41) is 9.20. The topological polar surface area (TPSA) is 20.2 Å². The van der Waals surface area contributed by atoms with Crippen molar-refractivity contribution in [1.82, 2.24) is 0 Å². The molecule has 1 unspecified atom stereocenters. The second kappa shape index (κ2) is 4.76. The number of hydrogen-bond donors (Lipinski definition) is 1. The Morgan fingerprint density at radius 1 is 1.18 bits per heavy atom. The summed E-state index contributed by atoms with van der Waals surface area (Å²) in [4.78, 5) is 0. The van der Waals surface area contributed by atoms with Crippen LogP contribution in [0.2, 0.25) is 0 Å². The first-order chi connectivity index (χ1) is 5.29. The van der Waals surface area contributed by atoms with Gasteiger partial charge in [0, 0.05) is 0 Å². The molecular formula is C10H20O. The number of hydrogen-bond acceptors (Lipinski definition) is 1. The Hall–Kier alpha value is -0.0400. The van der Waals surface area contributed by atoms with Gasteiger partial charge in [-0.3, -0.25) is 0 Å². The zero-order valence-electron chi connectivity index (χ0n) is 7.55. The molecule has 66 valence electrons. The minimum absolute atomic E-state index is 0.0851. The molecule has 1 rings (SSSR count). The fourth-order valence-corrected chi connectivity index (χ4v) is 2.08. The van der Waals surface area contributed by atoms with Crippen LogP contribution in [0.3, 0.4) is 0 Å². The lowest BCUT2D eigenvalue weighted by molar-refractivity contribution is 0.155. The van der Waals surface area contributed by atoms with Gasteiger partial charge >= 0.3 is 0 Å². The van der Waals surface area contributed by atoms with Crippen molar-refractivity contribution in [2.75, 3.05) is 0 Å². The molecule has 1 fully saturated rings. The highest BCUT2D eigenvalue weighted by Gasteiger charge is 2.13. The molecule has 1 nitrogen and oxygen atoms in total. The highest BCUT2D eigenvalue weighted by molar-refractivity contribution is 4.66. The largest absolute Gasteiger partial charge is 0.393 e. The molecular weight excluding hydrogens is 136 g/mol. The lowest BCUT2D eigenvalue weighted by atomic mass is 9.94. The summed E-state index contributed by atoms with van der Waals surface area (Å²) in [5.74, 6) is 0.817. The Morgan fingerprint density at radius 3 is 2.18 bits per heavy atom.